The second-order valence-electron chi connectivity index (χ2n) is 17.2. The zero-order chi connectivity index (χ0) is 47.7. The van der Waals surface area contributed by atoms with Crippen molar-refractivity contribution < 1.29 is 47.4 Å². The van der Waals surface area contributed by atoms with Crippen molar-refractivity contribution in [2.45, 2.75) is 71.6 Å². The number of hydrogen-bond acceptors (Lipinski definition) is 10. The molecule has 0 aliphatic rings. The van der Waals surface area contributed by atoms with Gasteiger partial charge in [0.15, 0.2) is 0 Å². The Balaban J connectivity index is 1.59. The number of alkyl carbamates (subject to hydrolysis) is 1. The number of nitrogens with zero attached hydrogens (tertiary/aromatic N) is 1. The van der Waals surface area contributed by atoms with E-state index in [4.69, 9.17) is 9.47 Å². The molecule has 348 valence electrons. The Morgan fingerprint density at radius 1 is 0.538 bits per heavy atom. The monoisotopic (exact) mass is 929 g/mol. The Labute approximate surface area is 381 Å². The van der Waals surface area contributed by atoms with Gasteiger partial charge in [0, 0.05) is 53.1 Å². The second kappa shape index (κ2) is 23.8. The molecule has 0 aromatic heterocycles. The van der Waals surface area contributed by atoms with Crippen molar-refractivity contribution in [3.8, 4) is 0 Å². The average molecular weight is 930 g/mol. The summed E-state index contributed by atoms with van der Waals surface area (Å²) in [5.74, 6) is -3.50. The third-order valence-corrected chi connectivity index (χ3v) is 16.0. The van der Waals surface area contributed by atoms with Crippen LogP contribution in [-0.4, -0.2) is 103 Å². The lowest BCUT2D eigenvalue weighted by atomic mass is 10.1. The molecule has 0 unspecified atom stereocenters. The molecule has 4 N–H and O–H groups in total. The highest BCUT2D eigenvalue weighted by Crippen LogP contribution is 2.45. The highest BCUT2D eigenvalue weighted by atomic mass is 31.2. The topological polar surface area (TPSA) is 206 Å². The Morgan fingerprint density at radius 2 is 0.938 bits per heavy atom. The third-order valence-electron chi connectivity index (χ3n) is 9.78. The first-order valence-electron chi connectivity index (χ1n) is 21.4. The van der Waals surface area contributed by atoms with Gasteiger partial charge in [-0.3, -0.25) is 24.0 Å². The number of hydrogen-bond donors (Lipinski definition) is 4. The molecule has 0 radical (unpaired) electrons. The van der Waals surface area contributed by atoms with Gasteiger partial charge in [-0.2, -0.15) is 0 Å². The van der Waals surface area contributed by atoms with Crippen molar-refractivity contribution in [3.05, 3.63) is 121 Å². The molecule has 0 spiro atoms. The van der Waals surface area contributed by atoms with Crippen LogP contribution in [0.3, 0.4) is 0 Å². The molecule has 1 atom stereocenters. The van der Waals surface area contributed by atoms with Crippen LogP contribution >= 0.6 is 14.3 Å². The van der Waals surface area contributed by atoms with E-state index < -0.39 is 86.9 Å². The van der Waals surface area contributed by atoms with Gasteiger partial charge in [-0.1, -0.05) is 121 Å². The van der Waals surface area contributed by atoms with E-state index in [0.717, 1.165) is 0 Å². The van der Waals surface area contributed by atoms with Gasteiger partial charge < -0.3 is 44.8 Å². The number of ether oxygens (including phenoxy) is 2. The molecule has 65 heavy (non-hydrogen) atoms. The van der Waals surface area contributed by atoms with E-state index in [2.05, 4.69) is 21.3 Å². The molecule has 17 heteroatoms. The smallest absolute Gasteiger partial charge is 0.408 e. The number of carbonyl (C=O) groups excluding carboxylic acids is 6. The predicted molar refractivity (Wildman–Crippen MR) is 253 cm³/mol. The summed E-state index contributed by atoms with van der Waals surface area (Å²) in [6.07, 6.45) is -1.29. The van der Waals surface area contributed by atoms with Crippen molar-refractivity contribution in [1.29, 1.82) is 0 Å². The van der Waals surface area contributed by atoms with Crippen LogP contribution in [0.25, 0.3) is 0 Å². The molecule has 0 saturated heterocycles. The van der Waals surface area contributed by atoms with Gasteiger partial charge in [0.2, 0.25) is 23.6 Å². The van der Waals surface area contributed by atoms with Crippen LogP contribution in [0.2, 0.25) is 0 Å². The Morgan fingerprint density at radius 3 is 1.34 bits per heavy atom. The molecule has 0 fully saturated rings. The largest absolute Gasteiger partial charge is 0.459 e. The maximum absolute atomic E-state index is 15.1. The summed E-state index contributed by atoms with van der Waals surface area (Å²) in [7, 11) is -6.67. The van der Waals surface area contributed by atoms with E-state index >= 15 is 9.13 Å². The van der Waals surface area contributed by atoms with Gasteiger partial charge in [0.25, 0.3) is 0 Å². The SMILES string of the molecule is CC(C)(C)OC(=O)CNC(=O)[C@H](CCC(=O)N(CCP(=O)(c1ccccc1)c1ccccc1)CCP(=O)(c1ccccc1)c1ccccc1)NC(=O)CNC(=O)CNC(=O)OC(C)(C)C. The summed E-state index contributed by atoms with van der Waals surface area (Å²) in [6.45, 7) is 8.37. The summed E-state index contributed by atoms with van der Waals surface area (Å²) in [4.78, 5) is 79.8. The molecule has 0 bridgehead atoms. The molecule has 5 amide bonds. The lowest BCUT2D eigenvalue weighted by Crippen LogP contribution is -2.51. The fraction of sp³-hybridized carbons (Fsp3) is 0.375. The first-order chi connectivity index (χ1) is 30.7. The van der Waals surface area contributed by atoms with E-state index in [-0.39, 0.29) is 38.3 Å². The first-order valence-corrected chi connectivity index (χ1v) is 25.2. The van der Waals surface area contributed by atoms with Crippen molar-refractivity contribution in [2.75, 3.05) is 45.0 Å². The standard InChI is InChI=1S/C48H61N5O10P2/c1-47(2,3)62-44(57)35-50-45(58)40(52-42(55)34-49-41(54)33-51-46(59)63-48(4,5)6)27-28-43(56)53(29-31-64(60,36-19-11-7-12-20-36)37-21-13-8-14-22-37)30-32-65(61,38-23-15-9-16-24-38)39-25-17-10-18-26-39/h7-26,40H,27-35H2,1-6H3,(H,49,54)(H,50,58)(H,51,59)(H,52,55)/t40-/m0/s1. The molecule has 0 heterocycles. The van der Waals surface area contributed by atoms with Crippen molar-refractivity contribution in [3.63, 3.8) is 0 Å². The highest BCUT2D eigenvalue weighted by Gasteiger charge is 2.33. The van der Waals surface area contributed by atoms with Gasteiger partial charge in [-0.05, 0) is 48.0 Å². The maximum Gasteiger partial charge on any atom is 0.408 e. The van der Waals surface area contributed by atoms with Gasteiger partial charge >= 0.3 is 12.1 Å². The fourth-order valence-corrected chi connectivity index (χ4v) is 12.0. The summed E-state index contributed by atoms with van der Waals surface area (Å²) >= 11 is 0. The summed E-state index contributed by atoms with van der Waals surface area (Å²) in [5.41, 5.74) is -1.63. The first kappa shape index (κ1) is 51.6. The molecule has 0 saturated carbocycles. The van der Waals surface area contributed by atoms with Crippen LogP contribution in [0.5, 0.6) is 0 Å². The van der Waals surface area contributed by atoms with Gasteiger partial charge in [0.05, 0.1) is 6.54 Å². The minimum Gasteiger partial charge on any atom is -0.459 e. The van der Waals surface area contributed by atoms with E-state index in [1.54, 1.807) is 139 Å². The lowest BCUT2D eigenvalue weighted by Gasteiger charge is -2.29. The highest BCUT2D eigenvalue weighted by molar-refractivity contribution is 7.79. The maximum atomic E-state index is 15.1. The molecule has 4 rings (SSSR count). The number of carbonyl (C=O) groups is 6. The van der Waals surface area contributed by atoms with Gasteiger partial charge in [-0.15, -0.1) is 0 Å². The van der Waals surface area contributed by atoms with Crippen LogP contribution in [0.4, 0.5) is 4.79 Å². The zero-order valence-corrected chi connectivity index (χ0v) is 39.7. The molecule has 4 aromatic rings. The van der Waals surface area contributed by atoms with E-state index in [9.17, 15) is 28.8 Å². The third kappa shape index (κ3) is 16.8. The average Bonchev–Trinajstić information content (AvgIpc) is 3.27. The van der Waals surface area contributed by atoms with Crippen molar-refractivity contribution in [1.82, 2.24) is 26.2 Å². The van der Waals surface area contributed by atoms with Crippen LogP contribution < -0.4 is 42.5 Å². The normalized spacial score (nSPS) is 12.2. The Kier molecular flexibility index (Phi) is 18.9. The number of benzene rings is 4. The minimum atomic E-state index is -3.33. The van der Waals surface area contributed by atoms with Gasteiger partial charge in [0.1, 0.15) is 44.6 Å². The van der Waals surface area contributed by atoms with Crippen LogP contribution in [0.15, 0.2) is 121 Å². The van der Waals surface area contributed by atoms with E-state index in [1.807, 2.05) is 24.3 Å². The number of esters is 1. The summed E-state index contributed by atoms with van der Waals surface area (Å²) in [6, 6.07) is 34.7. The van der Waals surface area contributed by atoms with Crippen molar-refractivity contribution >= 4 is 71.2 Å². The van der Waals surface area contributed by atoms with Crippen molar-refractivity contribution in [2.24, 2.45) is 0 Å². The Hall–Kier alpha value is -6.04. The number of amides is 5. The number of rotatable bonds is 21. The molecular formula is C48H61N5O10P2. The van der Waals surface area contributed by atoms with Crippen LogP contribution in [0, 0.1) is 0 Å². The van der Waals surface area contributed by atoms with E-state index in [1.165, 1.54) is 4.90 Å². The summed E-state index contributed by atoms with van der Waals surface area (Å²) < 4.78 is 40.7. The fourth-order valence-electron chi connectivity index (χ4n) is 6.68. The second-order valence-corrected chi connectivity index (χ2v) is 23.2. The summed E-state index contributed by atoms with van der Waals surface area (Å²) in [5, 5.41) is 12.1. The zero-order valence-electron chi connectivity index (χ0n) is 37.9. The molecule has 15 nitrogen and oxygen atoms in total. The molecule has 4 aromatic carbocycles. The minimum absolute atomic E-state index is 0.00525. The van der Waals surface area contributed by atoms with E-state index in [0.29, 0.717) is 21.2 Å². The number of nitrogens with one attached hydrogen (secondary N) is 4. The lowest BCUT2D eigenvalue weighted by molar-refractivity contribution is -0.154. The van der Waals surface area contributed by atoms with Crippen LogP contribution in [-0.2, 0) is 42.6 Å². The van der Waals surface area contributed by atoms with Crippen LogP contribution in [0.1, 0.15) is 54.4 Å². The molecular weight excluding hydrogens is 869 g/mol. The molecule has 0 aliphatic heterocycles. The predicted octanol–water partition coefficient (Wildman–Crippen LogP) is 4.21. The quantitative estimate of drug-likeness (QED) is 0.0692. The van der Waals surface area contributed by atoms with Gasteiger partial charge in [-0.25, -0.2) is 4.79 Å². The Bertz CT molecular complexity index is 2130. The molecule has 0 aliphatic carbocycles.